The number of hydrogen-bond donors (Lipinski definition) is 1. The van der Waals surface area contributed by atoms with E-state index in [0.717, 1.165) is 25.7 Å². The predicted molar refractivity (Wildman–Crippen MR) is 83.1 cm³/mol. The van der Waals surface area contributed by atoms with Gasteiger partial charge in [0, 0.05) is 26.8 Å². The molecule has 0 spiro atoms. The molecule has 0 aromatic heterocycles. The van der Waals surface area contributed by atoms with Crippen LogP contribution in [0.5, 0.6) is 0 Å². The van der Waals surface area contributed by atoms with Crippen molar-refractivity contribution < 1.29 is 4.74 Å². The van der Waals surface area contributed by atoms with Gasteiger partial charge in [0.05, 0.1) is 11.4 Å². The Labute approximate surface area is 121 Å². The number of benzene rings is 1. The molecule has 1 atom stereocenters. The third-order valence-electron chi connectivity index (χ3n) is 4.66. The highest BCUT2D eigenvalue weighted by Crippen LogP contribution is 2.38. The second kappa shape index (κ2) is 5.62. The van der Waals surface area contributed by atoms with Crippen molar-refractivity contribution in [3.63, 3.8) is 0 Å². The number of aryl methyl sites for hydroxylation is 1. The molecule has 0 saturated carbocycles. The van der Waals surface area contributed by atoms with E-state index in [2.05, 4.69) is 42.0 Å². The van der Waals surface area contributed by atoms with Gasteiger partial charge in [-0.3, -0.25) is 5.73 Å². The molecule has 1 saturated heterocycles. The first kappa shape index (κ1) is 13.7. The van der Waals surface area contributed by atoms with E-state index in [4.69, 9.17) is 10.5 Å². The predicted octanol–water partition coefficient (Wildman–Crippen LogP) is 2.31. The van der Waals surface area contributed by atoms with Gasteiger partial charge in [0.1, 0.15) is 0 Å². The zero-order valence-electron chi connectivity index (χ0n) is 12.5. The van der Waals surface area contributed by atoms with Gasteiger partial charge in [0.15, 0.2) is 6.29 Å². The molecular weight excluding hydrogens is 250 g/mol. The van der Waals surface area contributed by atoms with Crippen LogP contribution in [0.2, 0.25) is 0 Å². The summed E-state index contributed by atoms with van der Waals surface area (Å²) in [4.78, 5) is 4.51. The molecule has 20 heavy (non-hydrogen) atoms. The SMILES string of the molecule is Cc1ccc2c(c1)N(C)C(N)N2CCC1CCOCC1. The van der Waals surface area contributed by atoms with Gasteiger partial charge in [-0.1, -0.05) is 6.07 Å². The zero-order chi connectivity index (χ0) is 14.1. The van der Waals surface area contributed by atoms with Crippen LogP contribution in [-0.4, -0.2) is 33.1 Å². The molecule has 4 heteroatoms. The lowest BCUT2D eigenvalue weighted by Gasteiger charge is -2.30. The number of anilines is 2. The van der Waals surface area contributed by atoms with Gasteiger partial charge in [-0.15, -0.1) is 0 Å². The summed E-state index contributed by atoms with van der Waals surface area (Å²) in [7, 11) is 2.08. The second-order valence-corrected chi connectivity index (χ2v) is 6.05. The highest BCUT2D eigenvalue weighted by atomic mass is 16.5. The van der Waals surface area contributed by atoms with Crippen molar-refractivity contribution in [2.45, 2.75) is 32.5 Å². The van der Waals surface area contributed by atoms with Crippen molar-refractivity contribution in [2.75, 3.05) is 36.6 Å². The molecule has 1 aromatic carbocycles. The topological polar surface area (TPSA) is 41.7 Å². The highest BCUT2D eigenvalue weighted by Gasteiger charge is 2.31. The van der Waals surface area contributed by atoms with Crippen molar-refractivity contribution in [3.05, 3.63) is 23.8 Å². The maximum Gasteiger partial charge on any atom is 0.155 e. The first-order valence-electron chi connectivity index (χ1n) is 7.60. The van der Waals surface area contributed by atoms with Gasteiger partial charge >= 0.3 is 0 Å². The largest absolute Gasteiger partial charge is 0.381 e. The van der Waals surface area contributed by atoms with Gasteiger partial charge in [0.2, 0.25) is 0 Å². The Kier molecular flexibility index (Phi) is 3.85. The van der Waals surface area contributed by atoms with Crippen LogP contribution in [0.4, 0.5) is 11.4 Å². The summed E-state index contributed by atoms with van der Waals surface area (Å²) in [6, 6.07) is 6.60. The van der Waals surface area contributed by atoms with Gasteiger partial charge < -0.3 is 14.5 Å². The third kappa shape index (κ3) is 2.50. The summed E-state index contributed by atoms with van der Waals surface area (Å²) in [6.45, 7) is 5.01. The molecule has 1 fully saturated rings. The van der Waals surface area contributed by atoms with E-state index in [1.165, 1.54) is 36.2 Å². The number of nitrogens with zero attached hydrogens (tertiary/aromatic N) is 2. The second-order valence-electron chi connectivity index (χ2n) is 6.05. The van der Waals surface area contributed by atoms with Crippen LogP contribution in [0.3, 0.4) is 0 Å². The fourth-order valence-corrected chi connectivity index (χ4v) is 3.26. The smallest absolute Gasteiger partial charge is 0.155 e. The van der Waals surface area contributed by atoms with E-state index in [0.29, 0.717) is 0 Å². The fourth-order valence-electron chi connectivity index (χ4n) is 3.26. The molecule has 1 unspecified atom stereocenters. The molecule has 0 bridgehead atoms. The first-order valence-corrected chi connectivity index (χ1v) is 7.60. The molecule has 2 aliphatic rings. The number of rotatable bonds is 3. The summed E-state index contributed by atoms with van der Waals surface area (Å²) in [5.41, 5.74) is 10.2. The monoisotopic (exact) mass is 275 g/mol. The van der Waals surface area contributed by atoms with E-state index in [1.54, 1.807) is 0 Å². The molecule has 2 aliphatic heterocycles. The van der Waals surface area contributed by atoms with Crippen molar-refractivity contribution in [1.82, 2.24) is 0 Å². The fraction of sp³-hybridized carbons (Fsp3) is 0.625. The maximum atomic E-state index is 6.37. The summed E-state index contributed by atoms with van der Waals surface area (Å²) in [6.07, 6.45) is 3.56. The van der Waals surface area contributed by atoms with E-state index in [-0.39, 0.29) is 6.29 Å². The normalized spacial score (nSPS) is 23.2. The molecule has 110 valence electrons. The molecular formula is C16H25N3O. The quantitative estimate of drug-likeness (QED) is 0.919. The summed E-state index contributed by atoms with van der Waals surface area (Å²) < 4.78 is 5.43. The molecule has 2 N–H and O–H groups in total. The maximum absolute atomic E-state index is 6.37. The summed E-state index contributed by atoms with van der Waals surface area (Å²) >= 11 is 0. The Morgan fingerprint density at radius 3 is 2.75 bits per heavy atom. The first-order chi connectivity index (χ1) is 9.66. The lowest BCUT2D eigenvalue weighted by Crippen LogP contribution is -2.49. The van der Waals surface area contributed by atoms with E-state index in [9.17, 15) is 0 Å². The minimum atomic E-state index is -0.0355. The average Bonchev–Trinajstić information content (AvgIpc) is 2.70. The highest BCUT2D eigenvalue weighted by molar-refractivity contribution is 5.77. The number of hydrogen-bond acceptors (Lipinski definition) is 4. The Morgan fingerprint density at radius 2 is 2.00 bits per heavy atom. The van der Waals surface area contributed by atoms with Crippen LogP contribution in [0.1, 0.15) is 24.8 Å². The third-order valence-corrected chi connectivity index (χ3v) is 4.66. The summed E-state index contributed by atoms with van der Waals surface area (Å²) in [5, 5.41) is 0. The van der Waals surface area contributed by atoms with E-state index in [1.807, 2.05) is 0 Å². The van der Waals surface area contributed by atoms with Crippen molar-refractivity contribution in [2.24, 2.45) is 11.7 Å². The van der Waals surface area contributed by atoms with Gasteiger partial charge in [-0.05, 0) is 49.8 Å². The van der Waals surface area contributed by atoms with Crippen LogP contribution in [0.25, 0.3) is 0 Å². The van der Waals surface area contributed by atoms with E-state index >= 15 is 0 Å². The average molecular weight is 275 g/mol. The van der Waals surface area contributed by atoms with Crippen LogP contribution < -0.4 is 15.5 Å². The van der Waals surface area contributed by atoms with Gasteiger partial charge in [-0.25, -0.2) is 0 Å². The molecule has 0 amide bonds. The Morgan fingerprint density at radius 1 is 1.25 bits per heavy atom. The van der Waals surface area contributed by atoms with Crippen molar-refractivity contribution in [3.8, 4) is 0 Å². The molecule has 3 rings (SSSR count). The number of ether oxygens (including phenoxy) is 1. The Balaban J connectivity index is 1.70. The molecule has 2 heterocycles. The van der Waals surface area contributed by atoms with Crippen LogP contribution in [-0.2, 0) is 4.74 Å². The zero-order valence-corrected chi connectivity index (χ0v) is 12.5. The molecule has 0 aliphatic carbocycles. The number of nitrogens with two attached hydrogens (primary N) is 1. The molecule has 0 radical (unpaired) electrons. The number of fused-ring (bicyclic) bond motifs is 1. The van der Waals surface area contributed by atoms with Gasteiger partial charge in [-0.2, -0.15) is 0 Å². The minimum absolute atomic E-state index is 0.0355. The van der Waals surface area contributed by atoms with Gasteiger partial charge in [0.25, 0.3) is 0 Å². The lowest BCUT2D eigenvalue weighted by atomic mass is 9.96. The molecule has 1 aromatic rings. The van der Waals surface area contributed by atoms with Crippen molar-refractivity contribution in [1.29, 1.82) is 0 Å². The van der Waals surface area contributed by atoms with Crippen LogP contribution in [0.15, 0.2) is 18.2 Å². The summed E-state index contributed by atoms with van der Waals surface area (Å²) in [5.74, 6) is 0.788. The lowest BCUT2D eigenvalue weighted by molar-refractivity contribution is 0.0644. The Hall–Kier alpha value is -1.26. The van der Waals surface area contributed by atoms with E-state index < -0.39 is 0 Å². The minimum Gasteiger partial charge on any atom is -0.381 e. The standard InChI is InChI=1S/C16H25N3O/c1-12-3-4-14-15(11-12)18(2)16(17)19(14)8-5-13-6-9-20-10-7-13/h3-4,11,13,16H,5-10,17H2,1-2H3. The van der Waals surface area contributed by atoms with Crippen LogP contribution >= 0.6 is 0 Å². The van der Waals surface area contributed by atoms with Crippen LogP contribution in [0, 0.1) is 12.8 Å². The van der Waals surface area contributed by atoms with Crippen molar-refractivity contribution >= 4 is 11.4 Å². The molecule has 4 nitrogen and oxygen atoms in total. The Bertz CT molecular complexity index is 471.